The predicted octanol–water partition coefficient (Wildman–Crippen LogP) is 4.57. The molecule has 1 N–H and O–H groups in total. The van der Waals surface area contributed by atoms with Gasteiger partial charge in [-0.1, -0.05) is 54.6 Å². The molecule has 2 aromatic rings. The van der Waals surface area contributed by atoms with E-state index >= 15 is 0 Å². The quantitative estimate of drug-likeness (QED) is 0.868. The lowest BCUT2D eigenvalue weighted by Crippen LogP contribution is -1.98. The second kappa shape index (κ2) is 6.26. The molecule has 2 aromatic carbocycles. The molecule has 0 aliphatic rings. The van der Waals surface area contributed by atoms with E-state index in [0.717, 1.165) is 16.7 Å². The van der Waals surface area contributed by atoms with Gasteiger partial charge in [0.15, 0.2) is 0 Å². The molecule has 0 bridgehead atoms. The van der Waals surface area contributed by atoms with Gasteiger partial charge in [-0.25, -0.2) is 0 Å². The third-order valence-corrected chi connectivity index (χ3v) is 3.09. The van der Waals surface area contributed by atoms with Crippen molar-refractivity contribution in [3.8, 4) is 0 Å². The Balaban J connectivity index is 1.88. The third kappa shape index (κ3) is 3.75. The number of anilines is 1. The minimum atomic E-state index is 0.817. The summed E-state index contributed by atoms with van der Waals surface area (Å²) in [7, 11) is 0. The van der Waals surface area contributed by atoms with E-state index in [9.17, 15) is 0 Å². The Morgan fingerprint density at radius 3 is 2.41 bits per heavy atom. The van der Waals surface area contributed by atoms with Crippen molar-refractivity contribution in [3.63, 3.8) is 0 Å². The van der Waals surface area contributed by atoms with Crippen LogP contribution < -0.4 is 5.32 Å². The first-order chi connectivity index (χ1) is 8.36. The van der Waals surface area contributed by atoms with E-state index in [4.69, 9.17) is 0 Å². The maximum atomic E-state index is 3.51. The van der Waals surface area contributed by atoms with Gasteiger partial charge in [0, 0.05) is 16.7 Å². The van der Waals surface area contributed by atoms with E-state index in [1.54, 1.807) is 0 Å². The maximum Gasteiger partial charge on any atom is 0.0487 e. The van der Waals surface area contributed by atoms with Crippen molar-refractivity contribution in [2.24, 2.45) is 0 Å². The average molecular weight is 288 g/mol. The molecular weight excluding hydrogens is 274 g/mol. The van der Waals surface area contributed by atoms with Gasteiger partial charge < -0.3 is 5.32 Å². The first-order valence-electron chi connectivity index (χ1n) is 5.56. The monoisotopic (exact) mass is 287 g/mol. The topological polar surface area (TPSA) is 12.0 Å². The molecule has 2 heteroatoms. The molecule has 0 spiro atoms. The summed E-state index contributed by atoms with van der Waals surface area (Å²) in [5, 5.41) is 3.35. The molecule has 0 fully saturated rings. The van der Waals surface area contributed by atoms with Crippen LogP contribution in [0.3, 0.4) is 0 Å². The summed E-state index contributed by atoms with van der Waals surface area (Å²) in [5.74, 6) is 0. The van der Waals surface area contributed by atoms with E-state index in [1.165, 1.54) is 5.56 Å². The van der Waals surface area contributed by atoms with E-state index in [0.29, 0.717) is 0 Å². The molecule has 0 aromatic heterocycles. The molecule has 0 unspecified atom stereocenters. The Kier molecular flexibility index (Phi) is 4.39. The van der Waals surface area contributed by atoms with Crippen LogP contribution in [0.4, 0.5) is 5.69 Å². The Labute approximate surface area is 110 Å². The lowest BCUT2D eigenvalue weighted by atomic mass is 10.2. The van der Waals surface area contributed by atoms with Gasteiger partial charge in [0.25, 0.3) is 0 Å². The van der Waals surface area contributed by atoms with Crippen molar-refractivity contribution in [2.75, 3.05) is 11.9 Å². The predicted molar refractivity (Wildman–Crippen MR) is 78.1 cm³/mol. The minimum absolute atomic E-state index is 0.817. The van der Waals surface area contributed by atoms with Crippen molar-refractivity contribution < 1.29 is 0 Å². The number of hydrogen-bond donors (Lipinski definition) is 1. The SMILES string of the molecule is Brc1ccccc1NC/C=C/c1ccccc1. The van der Waals surface area contributed by atoms with Crippen LogP contribution in [-0.2, 0) is 0 Å². The molecule has 0 saturated carbocycles. The molecule has 2 rings (SSSR count). The number of rotatable bonds is 4. The summed E-state index contributed by atoms with van der Waals surface area (Å²) in [4.78, 5) is 0. The molecule has 0 amide bonds. The fraction of sp³-hybridized carbons (Fsp3) is 0.0667. The van der Waals surface area contributed by atoms with Crippen LogP contribution in [0, 0.1) is 0 Å². The molecule has 1 nitrogen and oxygen atoms in total. The van der Waals surface area contributed by atoms with Crippen LogP contribution in [0.2, 0.25) is 0 Å². The summed E-state index contributed by atoms with van der Waals surface area (Å²) in [6.07, 6.45) is 4.23. The van der Waals surface area contributed by atoms with E-state index in [2.05, 4.69) is 51.6 Å². The van der Waals surface area contributed by atoms with Crippen molar-refractivity contribution >= 4 is 27.7 Å². The molecule has 0 saturated heterocycles. The second-order valence-electron chi connectivity index (χ2n) is 3.67. The van der Waals surface area contributed by atoms with E-state index in [-0.39, 0.29) is 0 Å². The first kappa shape index (κ1) is 11.9. The highest BCUT2D eigenvalue weighted by molar-refractivity contribution is 9.10. The van der Waals surface area contributed by atoms with Crippen molar-refractivity contribution in [1.82, 2.24) is 0 Å². The molecule has 0 atom stereocenters. The van der Waals surface area contributed by atoms with E-state index < -0.39 is 0 Å². The van der Waals surface area contributed by atoms with E-state index in [1.807, 2.05) is 36.4 Å². The van der Waals surface area contributed by atoms with Gasteiger partial charge in [0.1, 0.15) is 0 Å². The van der Waals surface area contributed by atoms with Crippen molar-refractivity contribution in [3.05, 3.63) is 70.7 Å². The molecule has 0 aliphatic carbocycles. The Morgan fingerprint density at radius 2 is 1.65 bits per heavy atom. The maximum absolute atomic E-state index is 3.51. The number of hydrogen-bond acceptors (Lipinski definition) is 1. The van der Waals surface area contributed by atoms with Crippen LogP contribution in [0.1, 0.15) is 5.56 Å². The van der Waals surface area contributed by atoms with Crippen molar-refractivity contribution in [1.29, 1.82) is 0 Å². The number of halogens is 1. The lowest BCUT2D eigenvalue weighted by Gasteiger charge is -2.04. The van der Waals surface area contributed by atoms with Gasteiger partial charge in [-0.2, -0.15) is 0 Å². The van der Waals surface area contributed by atoms with Crippen molar-refractivity contribution in [2.45, 2.75) is 0 Å². The Bertz CT molecular complexity index is 491. The summed E-state index contributed by atoms with van der Waals surface area (Å²) in [6.45, 7) is 0.817. The van der Waals surface area contributed by atoms with Gasteiger partial charge in [0.05, 0.1) is 0 Å². The van der Waals surface area contributed by atoms with Gasteiger partial charge in [-0.3, -0.25) is 0 Å². The molecule has 0 heterocycles. The first-order valence-corrected chi connectivity index (χ1v) is 6.35. The number of benzene rings is 2. The van der Waals surface area contributed by atoms with Gasteiger partial charge >= 0.3 is 0 Å². The summed E-state index contributed by atoms with van der Waals surface area (Å²) >= 11 is 3.51. The van der Waals surface area contributed by atoms with Crippen LogP contribution in [0.25, 0.3) is 6.08 Å². The van der Waals surface area contributed by atoms with Crippen LogP contribution in [0.5, 0.6) is 0 Å². The summed E-state index contributed by atoms with van der Waals surface area (Å²) in [5.41, 5.74) is 2.34. The fourth-order valence-electron chi connectivity index (χ4n) is 1.53. The molecule has 0 radical (unpaired) electrons. The highest BCUT2D eigenvalue weighted by Crippen LogP contribution is 2.20. The lowest BCUT2D eigenvalue weighted by molar-refractivity contribution is 1.33. The number of nitrogens with one attached hydrogen (secondary N) is 1. The molecule has 17 heavy (non-hydrogen) atoms. The molecule has 86 valence electrons. The minimum Gasteiger partial charge on any atom is -0.381 e. The standard InChI is InChI=1S/C15H14BrN/c16-14-10-4-5-11-15(14)17-12-6-9-13-7-2-1-3-8-13/h1-11,17H,12H2/b9-6+. The van der Waals surface area contributed by atoms with Crippen LogP contribution in [-0.4, -0.2) is 6.54 Å². The zero-order valence-corrected chi connectivity index (χ0v) is 11.0. The smallest absolute Gasteiger partial charge is 0.0487 e. The second-order valence-corrected chi connectivity index (χ2v) is 4.53. The Morgan fingerprint density at radius 1 is 0.941 bits per heavy atom. The largest absolute Gasteiger partial charge is 0.381 e. The normalized spacial score (nSPS) is 10.6. The zero-order chi connectivity index (χ0) is 11.9. The van der Waals surface area contributed by atoms with Gasteiger partial charge in [-0.05, 0) is 33.6 Å². The summed E-state index contributed by atoms with van der Waals surface area (Å²) < 4.78 is 1.09. The highest BCUT2D eigenvalue weighted by atomic mass is 79.9. The third-order valence-electron chi connectivity index (χ3n) is 2.39. The highest BCUT2D eigenvalue weighted by Gasteiger charge is 1.94. The Hall–Kier alpha value is -1.54. The van der Waals surface area contributed by atoms with Gasteiger partial charge in [0.2, 0.25) is 0 Å². The average Bonchev–Trinajstić information content (AvgIpc) is 2.38. The van der Waals surface area contributed by atoms with Crippen LogP contribution >= 0.6 is 15.9 Å². The summed E-state index contributed by atoms with van der Waals surface area (Å²) in [6, 6.07) is 18.4. The van der Waals surface area contributed by atoms with Crippen LogP contribution in [0.15, 0.2) is 65.1 Å². The zero-order valence-electron chi connectivity index (χ0n) is 9.44. The van der Waals surface area contributed by atoms with Gasteiger partial charge in [-0.15, -0.1) is 0 Å². The molecule has 0 aliphatic heterocycles. The molecular formula is C15H14BrN. The number of para-hydroxylation sites is 1. The fourth-order valence-corrected chi connectivity index (χ4v) is 1.96.